The van der Waals surface area contributed by atoms with Crippen LogP contribution in [0.3, 0.4) is 0 Å². The van der Waals surface area contributed by atoms with Crippen LogP contribution in [0.15, 0.2) is 47.4 Å². The molecule has 0 aliphatic carbocycles. The van der Waals surface area contributed by atoms with Crippen molar-refractivity contribution in [2.45, 2.75) is 31.2 Å². The number of hydrogen-bond donors (Lipinski definition) is 3. The van der Waals surface area contributed by atoms with Gasteiger partial charge in [0.2, 0.25) is 10.0 Å². The van der Waals surface area contributed by atoms with Crippen LogP contribution in [-0.4, -0.2) is 31.4 Å². The predicted octanol–water partition coefficient (Wildman–Crippen LogP) is 4.02. The van der Waals surface area contributed by atoms with Crippen molar-refractivity contribution in [2.75, 3.05) is 5.32 Å². The Morgan fingerprint density at radius 2 is 1.69 bits per heavy atom. The van der Waals surface area contributed by atoms with Crippen molar-refractivity contribution in [3.05, 3.63) is 58.1 Å². The molecule has 0 aromatic heterocycles. The minimum atomic E-state index is -4.04. The minimum absolute atomic E-state index is 0.00363. The Bertz CT molecular complexity index is 1010. The fourth-order valence-corrected chi connectivity index (χ4v) is 4.21. The standard InChI is InChI=1S/C19H20Cl2N2O5S/c1-11(2)9-17(19(25)26)23-29(27,28)14-6-4-13(5-7-14)22-18(24)15-8-3-12(20)10-16(15)21/h3-8,10-11,17,23H,9H2,1-2H3,(H,22,24)(H,25,26). The van der Waals surface area contributed by atoms with Crippen LogP contribution in [0.25, 0.3) is 0 Å². The van der Waals surface area contributed by atoms with Gasteiger partial charge in [0.1, 0.15) is 6.04 Å². The molecule has 0 radical (unpaired) electrons. The summed E-state index contributed by atoms with van der Waals surface area (Å²) in [6, 6.07) is 8.55. The molecule has 1 atom stereocenters. The number of carbonyl (C=O) groups is 2. The van der Waals surface area contributed by atoms with Crippen LogP contribution >= 0.6 is 23.2 Å². The van der Waals surface area contributed by atoms with Crippen molar-refractivity contribution in [1.29, 1.82) is 0 Å². The Labute approximate surface area is 179 Å². The van der Waals surface area contributed by atoms with E-state index in [0.717, 1.165) is 0 Å². The number of halogens is 2. The summed E-state index contributed by atoms with van der Waals surface area (Å²) in [6.07, 6.45) is 0.157. The van der Waals surface area contributed by atoms with Crippen LogP contribution < -0.4 is 10.0 Å². The van der Waals surface area contributed by atoms with Crippen LogP contribution in [0.1, 0.15) is 30.6 Å². The molecule has 1 unspecified atom stereocenters. The molecular formula is C19H20Cl2N2O5S. The summed E-state index contributed by atoms with van der Waals surface area (Å²) < 4.78 is 27.1. The van der Waals surface area contributed by atoms with Crippen molar-refractivity contribution in [3.8, 4) is 0 Å². The van der Waals surface area contributed by atoms with E-state index in [1.165, 1.54) is 42.5 Å². The molecule has 3 N–H and O–H groups in total. The van der Waals surface area contributed by atoms with Crippen LogP contribution in [0.4, 0.5) is 5.69 Å². The van der Waals surface area contributed by atoms with Gasteiger partial charge in [0.05, 0.1) is 15.5 Å². The van der Waals surface area contributed by atoms with E-state index in [1.54, 1.807) is 13.8 Å². The zero-order chi connectivity index (χ0) is 21.8. The maximum absolute atomic E-state index is 12.5. The first-order valence-corrected chi connectivity index (χ1v) is 10.8. The molecular weight excluding hydrogens is 439 g/mol. The van der Waals surface area contributed by atoms with Gasteiger partial charge in [0.25, 0.3) is 5.91 Å². The first kappa shape index (κ1) is 23.2. The smallest absolute Gasteiger partial charge is 0.321 e. The zero-order valence-electron chi connectivity index (χ0n) is 15.6. The molecule has 29 heavy (non-hydrogen) atoms. The van der Waals surface area contributed by atoms with E-state index in [0.29, 0.717) is 10.7 Å². The van der Waals surface area contributed by atoms with Crippen molar-refractivity contribution in [3.63, 3.8) is 0 Å². The average molecular weight is 459 g/mol. The van der Waals surface area contributed by atoms with E-state index in [9.17, 15) is 23.1 Å². The van der Waals surface area contributed by atoms with E-state index in [2.05, 4.69) is 10.0 Å². The van der Waals surface area contributed by atoms with Crippen LogP contribution in [0, 0.1) is 5.92 Å². The molecule has 1 amide bonds. The summed E-state index contributed by atoms with van der Waals surface area (Å²) in [6.45, 7) is 3.60. The maximum Gasteiger partial charge on any atom is 0.321 e. The predicted molar refractivity (Wildman–Crippen MR) is 112 cm³/mol. The second kappa shape index (κ2) is 9.58. The Hall–Kier alpha value is -2.13. The van der Waals surface area contributed by atoms with Crippen molar-refractivity contribution in [1.82, 2.24) is 4.72 Å². The quantitative estimate of drug-likeness (QED) is 0.552. The first-order chi connectivity index (χ1) is 13.5. The molecule has 0 bridgehead atoms. The first-order valence-electron chi connectivity index (χ1n) is 8.61. The lowest BCUT2D eigenvalue weighted by molar-refractivity contribution is -0.139. The highest BCUT2D eigenvalue weighted by Gasteiger charge is 2.26. The van der Waals surface area contributed by atoms with Crippen LogP contribution in [-0.2, 0) is 14.8 Å². The van der Waals surface area contributed by atoms with Crippen molar-refractivity contribution >= 4 is 50.8 Å². The van der Waals surface area contributed by atoms with E-state index >= 15 is 0 Å². The fraction of sp³-hybridized carbons (Fsp3) is 0.263. The summed E-state index contributed by atoms with van der Waals surface area (Å²) in [7, 11) is -4.04. The van der Waals surface area contributed by atoms with Gasteiger partial charge >= 0.3 is 5.97 Å². The van der Waals surface area contributed by atoms with Gasteiger partial charge in [-0.2, -0.15) is 4.72 Å². The highest BCUT2D eigenvalue weighted by atomic mass is 35.5. The van der Waals surface area contributed by atoms with E-state index < -0.39 is 27.9 Å². The lowest BCUT2D eigenvalue weighted by Crippen LogP contribution is -2.41. The molecule has 0 fully saturated rings. The normalized spacial score (nSPS) is 12.6. The number of rotatable bonds is 8. The van der Waals surface area contributed by atoms with E-state index in [-0.39, 0.29) is 27.8 Å². The van der Waals surface area contributed by atoms with E-state index in [1.807, 2.05) is 0 Å². The molecule has 2 rings (SSSR count). The molecule has 0 aliphatic heterocycles. The van der Waals surface area contributed by atoms with Gasteiger partial charge in [-0.25, -0.2) is 8.42 Å². The third-order valence-electron chi connectivity index (χ3n) is 3.90. The molecule has 7 nitrogen and oxygen atoms in total. The molecule has 0 saturated carbocycles. The monoisotopic (exact) mass is 458 g/mol. The number of hydrogen-bond acceptors (Lipinski definition) is 4. The van der Waals surface area contributed by atoms with Gasteiger partial charge in [0.15, 0.2) is 0 Å². The number of nitrogens with one attached hydrogen (secondary N) is 2. The van der Waals surface area contributed by atoms with Gasteiger partial charge in [-0.05, 0) is 54.8 Å². The third kappa shape index (κ3) is 6.43. The third-order valence-corrected chi connectivity index (χ3v) is 5.94. The lowest BCUT2D eigenvalue weighted by atomic mass is 10.1. The number of carbonyl (C=O) groups excluding carboxylic acids is 1. The Morgan fingerprint density at radius 3 is 2.21 bits per heavy atom. The van der Waals surface area contributed by atoms with Gasteiger partial charge in [0, 0.05) is 10.7 Å². The highest BCUT2D eigenvalue weighted by molar-refractivity contribution is 7.89. The van der Waals surface area contributed by atoms with Gasteiger partial charge < -0.3 is 10.4 Å². The molecule has 0 heterocycles. The van der Waals surface area contributed by atoms with Gasteiger partial charge in [-0.15, -0.1) is 0 Å². The molecule has 10 heteroatoms. The van der Waals surface area contributed by atoms with Crippen LogP contribution in [0.5, 0.6) is 0 Å². The van der Waals surface area contributed by atoms with Gasteiger partial charge in [-0.3, -0.25) is 9.59 Å². The molecule has 0 aliphatic rings. The second-order valence-corrected chi connectivity index (χ2v) is 9.30. The highest BCUT2D eigenvalue weighted by Crippen LogP contribution is 2.22. The number of sulfonamides is 1. The topological polar surface area (TPSA) is 113 Å². The maximum atomic E-state index is 12.5. The van der Waals surface area contributed by atoms with Crippen molar-refractivity contribution in [2.24, 2.45) is 5.92 Å². The molecule has 0 saturated heterocycles. The average Bonchev–Trinajstić information content (AvgIpc) is 2.60. The Morgan fingerprint density at radius 1 is 1.07 bits per heavy atom. The van der Waals surface area contributed by atoms with Crippen molar-refractivity contribution < 1.29 is 23.1 Å². The molecule has 0 spiro atoms. The Balaban J connectivity index is 2.14. The molecule has 2 aromatic rings. The number of carboxylic acid groups (broad SMARTS) is 1. The lowest BCUT2D eigenvalue weighted by Gasteiger charge is -2.16. The fourth-order valence-electron chi connectivity index (χ4n) is 2.52. The van der Waals surface area contributed by atoms with Crippen LogP contribution in [0.2, 0.25) is 10.0 Å². The summed E-state index contributed by atoms with van der Waals surface area (Å²) >= 11 is 11.8. The Kier molecular flexibility index (Phi) is 7.65. The minimum Gasteiger partial charge on any atom is -0.480 e. The van der Waals surface area contributed by atoms with Gasteiger partial charge in [-0.1, -0.05) is 37.0 Å². The molecule has 156 valence electrons. The number of anilines is 1. The molecule has 2 aromatic carbocycles. The summed E-state index contributed by atoms with van der Waals surface area (Å²) in [5, 5.41) is 12.4. The SMILES string of the molecule is CC(C)CC(NS(=O)(=O)c1ccc(NC(=O)c2ccc(Cl)cc2Cl)cc1)C(=O)O. The zero-order valence-corrected chi connectivity index (χ0v) is 18.0. The largest absolute Gasteiger partial charge is 0.480 e. The number of benzene rings is 2. The summed E-state index contributed by atoms with van der Waals surface area (Å²) in [5.41, 5.74) is 0.560. The van der Waals surface area contributed by atoms with E-state index in [4.69, 9.17) is 23.2 Å². The summed E-state index contributed by atoms with van der Waals surface area (Å²) in [4.78, 5) is 23.5. The number of aliphatic carboxylic acids is 1. The summed E-state index contributed by atoms with van der Waals surface area (Å²) in [5.74, 6) is -1.73. The number of amides is 1. The second-order valence-electron chi connectivity index (χ2n) is 6.74. The number of carboxylic acids is 1.